The number of aliphatic carboxylic acids is 1. The topological polar surface area (TPSA) is 597 Å². The number of aromatic nitrogens is 4. The van der Waals surface area contributed by atoms with Crippen LogP contribution in [0.25, 0.3) is 21.8 Å². The van der Waals surface area contributed by atoms with Crippen molar-refractivity contribution < 1.29 is 96.5 Å². The molecule has 698 valence electrons. The Morgan fingerprint density at radius 1 is 0.535 bits per heavy atom. The summed E-state index contributed by atoms with van der Waals surface area (Å²) in [5, 5.41) is 48.4. The predicted molar refractivity (Wildman–Crippen MR) is 473 cm³/mol. The Balaban J connectivity index is 1.17. The van der Waals surface area contributed by atoms with E-state index >= 15 is 19.2 Å². The lowest BCUT2D eigenvalue weighted by Crippen LogP contribution is -2.61. The maximum Gasteiger partial charge on any atom is 0.305 e. The van der Waals surface area contributed by atoms with Crippen LogP contribution in [-0.4, -0.2) is 306 Å². The highest BCUT2D eigenvalue weighted by molar-refractivity contribution is 8.00. The summed E-state index contributed by atoms with van der Waals surface area (Å²) in [6, 6.07) is 1.77. The van der Waals surface area contributed by atoms with Gasteiger partial charge < -0.3 is 114 Å². The molecule has 0 saturated carbocycles. The van der Waals surface area contributed by atoms with Crippen molar-refractivity contribution in [2.24, 2.45) is 17.4 Å². The first-order chi connectivity index (χ1) is 61.4. The quantitative estimate of drug-likeness (QED) is 0.0314. The number of rotatable bonds is 24. The molecule has 2 saturated heterocycles. The van der Waals surface area contributed by atoms with Crippen molar-refractivity contribution in [3.8, 4) is 0 Å². The largest absolute Gasteiger partial charge is 0.481 e. The molecule has 2 aliphatic rings. The number of unbranched alkanes of at least 4 members (excludes halogenated alkanes) is 2. The van der Waals surface area contributed by atoms with Crippen molar-refractivity contribution in [3.05, 3.63) is 126 Å². The third-order valence-corrected chi connectivity index (χ3v) is 23.6. The van der Waals surface area contributed by atoms with Crippen molar-refractivity contribution in [2.45, 2.75) is 209 Å². The smallest absolute Gasteiger partial charge is 0.305 e. The van der Waals surface area contributed by atoms with E-state index in [1.807, 2.05) is 6.92 Å². The number of nitrogens with two attached hydrogens (primary N) is 2. The number of carbonyl (C=O) groups is 18. The fourth-order valence-electron chi connectivity index (χ4n) is 15.4. The zero-order chi connectivity index (χ0) is 94.5. The summed E-state index contributed by atoms with van der Waals surface area (Å²) in [6.07, 6.45) is 4.55. The molecule has 1 unspecified atom stereocenters. The van der Waals surface area contributed by atoms with Crippen molar-refractivity contribution >= 4 is 140 Å². The number of thioether (sulfide) groups is 1. The fraction of sp³-hybridized carbons (Fsp3) is 0.506. The number of amides is 17. The number of hydrogen-bond acceptors (Lipinski definition) is 21. The SMILES string of the molecule is CCCC[C@H]1C(=O)N(C)[C@@H](CCCC)C(=O)NC(CC(=O)O)C(=O)N[C@H](C(=O)NCC(N)=O)CSCC(=O)N[C@@H](Cc2ccccc2)C(=O)N(C)[C@@H](C)C(=O)N[C@@H](CC(N)=O)C(=O)N2CCC[C@H]2C(=O)N[C@@H](Cc2cnc[nH]2)C(=O)N[C@@H](CC(C)C)C(=O)N(C)CC(=O)N[C@@H](Cc2c[nH]c3ccccc23)C(=O)N[C@@H](CO)C(=O)N[C@@H](Cc2c[nH]c3ccccc23)C(=O)N1C. The first kappa shape index (κ1) is 101. The average molecular weight is 1810 g/mol. The number of para-hydroxylation sites is 2. The minimum atomic E-state index is -2.00. The van der Waals surface area contributed by atoms with Gasteiger partial charge in [-0.3, -0.25) is 86.3 Å². The van der Waals surface area contributed by atoms with Gasteiger partial charge in [0.15, 0.2) is 0 Å². The van der Waals surface area contributed by atoms with Gasteiger partial charge in [-0.15, -0.1) is 11.8 Å². The summed E-state index contributed by atoms with van der Waals surface area (Å²) < 4.78 is 0. The second-order valence-corrected chi connectivity index (χ2v) is 33.8. The zero-order valence-electron chi connectivity index (χ0n) is 73.7. The summed E-state index contributed by atoms with van der Waals surface area (Å²) in [5.74, 6) is -19.4. The van der Waals surface area contributed by atoms with Crippen LogP contribution in [0.15, 0.2) is 104 Å². The minimum Gasteiger partial charge on any atom is -0.481 e. The number of carboxylic acid groups (broad SMARTS) is 1. The summed E-state index contributed by atoms with van der Waals surface area (Å²) in [4.78, 5) is 278. The Bertz CT molecular complexity index is 4990. The van der Waals surface area contributed by atoms with Crippen LogP contribution in [0, 0.1) is 5.92 Å². The number of aliphatic hydroxyl groups excluding tert-OH is 1. The van der Waals surface area contributed by atoms with E-state index in [2.05, 4.69) is 73.1 Å². The van der Waals surface area contributed by atoms with Gasteiger partial charge in [0.05, 0.1) is 44.6 Å². The monoisotopic (exact) mass is 1810 g/mol. The van der Waals surface area contributed by atoms with Gasteiger partial charge in [0.1, 0.15) is 78.5 Å². The number of aromatic amines is 3. The number of H-pyrrole nitrogens is 3. The first-order valence-electron chi connectivity index (χ1n) is 42.8. The normalized spacial score (nSPS) is 23.8. The molecule has 3 aromatic carbocycles. The number of imidazole rings is 1. The van der Waals surface area contributed by atoms with Gasteiger partial charge in [-0.05, 0) is 73.8 Å². The molecule has 2 aliphatic heterocycles. The Morgan fingerprint density at radius 3 is 1.65 bits per heavy atom. The standard InChI is InChI=1S/C87H119N21O20S/c1-10-12-28-67-81(122)98-60(38-74(114)115)79(120)103-66(76(117)93-42-71(89)111)45-129-46-73(113)96-62(33-50-22-15-14-16-23-50)84(125)105(7)49(5)75(116)99-64(37-70(88)110)86(127)108-31-21-30-68(108)82(123)97-59(36-53-41-90-47-94-53)78(119)100-61(32-48(3)4)83(124)104(6)43-72(112)95-58(34-51-39-91-56-26-19-17-24-54(51)56)77(118)102-65(44-109)80(121)101-63(35-52-40-92-57-27-20-18-25-55(52)57)85(126)107(9)69(29-13-11-2)87(128)106(67)8/h14-20,22-27,39-41,47-49,58-69,91-92,109H,10-13,21,28-38,42-46H2,1-9H3,(H2,88,110)(H2,89,111)(H,90,94)(H,93,117)(H,95,112)(H,96,113)(H,97,123)(H,98,122)(H,99,116)(H,100,119)(H,101,121)(H,102,118)(H,103,120)(H,114,115)/t49-,58-,59-,60?,61-,62-,63-,64-,65-,66-,67-,68-,69-/m0/s1. The number of nitrogens with zero attached hydrogens (tertiary/aromatic N) is 6. The molecule has 41 nitrogen and oxygen atoms in total. The molecule has 8 rings (SSSR count). The first-order valence-corrected chi connectivity index (χ1v) is 44.0. The highest BCUT2D eigenvalue weighted by atomic mass is 32.2. The lowest BCUT2D eigenvalue weighted by Gasteiger charge is -2.36. The zero-order valence-corrected chi connectivity index (χ0v) is 74.6. The third kappa shape index (κ3) is 28.9. The Labute approximate surface area is 749 Å². The Morgan fingerprint density at radius 2 is 1.06 bits per heavy atom. The highest BCUT2D eigenvalue weighted by Crippen LogP contribution is 2.26. The number of carboxylic acids is 1. The molecule has 19 N–H and O–H groups in total. The lowest BCUT2D eigenvalue weighted by molar-refractivity contribution is -0.150. The van der Waals surface area contributed by atoms with E-state index in [-0.39, 0.29) is 76.7 Å². The van der Waals surface area contributed by atoms with Gasteiger partial charge in [-0.25, -0.2) is 4.98 Å². The van der Waals surface area contributed by atoms with Crippen LogP contribution >= 0.6 is 11.8 Å². The van der Waals surface area contributed by atoms with E-state index in [4.69, 9.17) is 11.5 Å². The van der Waals surface area contributed by atoms with Crippen LogP contribution in [-0.2, 0) is 112 Å². The van der Waals surface area contributed by atoms with Gasteiger partial charge in [-0.1, -0.05) is 120 Å². The number of primary amides is 2. The van der Waals surface area contributed by atoms with Crippen LogP contribution in [0.5, 0.6) is 0 Å². The Kier molecular flexibility index (Phi) is 38.1. The molecule has 0 radical (unpaired) electrons. The van der Waals surface area contributed by atoms with E-state index in [0.717, 1.165) is 24.5 Å². The van der Waals surface area contributed by atoms with Gasteiger partial charge in [0, 0.05) is 112 Å². The number of hydrogen-bond donors (Lipinski definition) is 17. The number of likely N-dealkylation sites (N-methyl/N-ethyl adjacent to an activating group) is 4. The van der Waals surface area contributed by atoms with E-state index < -0.39 is 229 Å². The third-order valence-electron chi connectivity index (χ3n) is 22.5. The second-order valence-electron chi connectivity index (χ2n) is 32.8. The van der Waals surface area contributed by atoms with Gasteiger partial charge in [-0.2, -0.15) is 0 Å². The molecule has 5 heterocycles. The summed E-state index contributed by atoms with van der Waals surface area (Å²) in [6.45, 7) is 5.71. The molecule has 17 amide bonds. The van der Waals surface area contributed by atoms with Crippen LogP contribution < -0.4 is 64.6 Å². The molecular weight excluding hydrogens is 1690 g/mol. The molecular formula is C87H119N21O20S. The molecule has 129 heavy (non-hydrogen) atoms. The average Bonchev–Trinajstić information content (AvgIpc) is 1.39. The number of benzene rings is 3. The van der Waals surface area contributed by atoms with Crippen LogP contribution in [0.2, 0.25) is 0 Å². The number of carbonyl (C=O) groups excluding carboxylic acids is 17. The second kappa shape index (κ2) is 48.6. The molecule has 13 atom stereocenters. The predicted octanol–water partition coefficient (Wildman–Crippen LogP) is -1.93. The fourth-order valence-corrected chi connectivity index (χ4v) is 16.2. The number of fused-ring (bicyclic) bond motifs is 3. The highest BCUT2D eigenvalue weighted by Gasteiger charge is 2.44. The molecule has 42 heteroatoms. The van der Waals surface area contributed by atoms with Crippen LogP contribution in [0.3, 0.4) is 0 Å². The number of nitrogens with one attached hydrogen (secondary N) is 13. The van der Waals surface area contributed by atoms with Crippen molar-refractivity contribution in [1.82, 2.24) is 97.6 Å². The molecule has 2 fully saturated rings. The van der Waals surface area contributed by atoms with Crippen molar-refractivity contribution in [1.29, 1.82) is 0 Å². The Hall–Kier alpha value is -13.3. The maximum absolute atomic E-state index is 15.6. The summed E-state index contributed by atoms with van der Waals surface area (Å²) in [5.41, 5.74) is 14.2. The summed E-state index contributed by atoms with van der Waals surface area (Å²) in [7, 11) is 5.09. The van der Waals surface area contributed by atoms with Gasteiger partial charge >= 0.3 is 5.97 Å². The summed E-state index contributed by atoms with van der Waals surface area (Å²) >= 11 is 0.715. The van der Waals surface area contributed by atoms with E-state index in [1.165, 1.54) is 47.6 Å². The molecule has 6 aromatic rings. The van der Waals surface area contributed by atoms with Crippen LogP contribution in [0.1, 0.15) is 128 Å². The molecule has 0 bridgehead atoms. The van der Waals surface area contributed by atoms with E-state index in [9.17, 15) is 77.3 Å². The van der Waals surface area contributed by atoms with E-state index in [0.29, 0.717) is 75.2 Å². The molecule has 0 aliphatic carbocycles. The van der Waals surface area contributed by atoms with Gasteiger partial charge in [0.2, 0.25) is 100 Å². The van der Waals surface area contributed by atoms with Crippen molar-refractivity contribution in [2.75, 3.05) is 65.9 Å². The van der Waals surface area contributed by atoms with Crippen LogP contribution in [0.4, 0.5) is 0 Å². The van der Waals surface area contributed by atoms with E-state index in [1.54, 1.807) is 112 Å². The molecule has 3 aromatic heterocycles. The van der Waals surface area contributed by atoms with Crippen molar-refractivity contribution in [3.63, 3.8) is 0 Å². The van der Waals surface area contributed by atoms with Gasteiger partial charge in [0.25, 0.3) is 0 Å². The number of aliphatic hydroxyl groups is 1. The minimum absolute atomic E-state index is 0.00624. The lowest BCUT2D eigenvalue weighted by atomic mass is 10.00. The maximum atomic E-state index is 15.6. The molecule has 0 spiro atoms.